The molecule has 0 unspecified atom stereocenters. The fourth-order valence-corrected chi connectivity index (χ4v) is 2.61. The molecule has 0 aliphatic heterocycles. The van der Waals surface area contributed by atoms with E-state index in [2.05, 4.69) is 6.58 Å². The normalized spacial score (nSPS) is 13.0. The van der Waals surface area contributed by atoms with Crippen molar-refractivity contribution in [1.29, 1.82) is 0 Å². The summed E-state index contributed by atoms with van der Waals surface area (Å²) in [6, 6.07) is 5.40. The van der Waals surface area contributed by atoms with Crippen LogP contribution in [0.15, 0.2) is 30.9 Å². The van der Waals surface area contributed by atoms with Gasteiger partial charge in [-0.25, -0.2) is 0 Å². The molecule has 25 heavy (non-hydrogen) atoms. The zero-order valence-electron chi connectivity index (χ0n) is 15.7. The molecule has 0 heterocycles. The average molecular weight is 350 g/mol. The van der Waals surface area contributed by atoms with E-state index in [0.29, 0.717) is 11.5 Å². The molecule has 5 nitrogen and oxygen atoms in total. The molecule has 0 saturated heterocycles. The number of esters is 1. The zero-order chi connectivity index (χ0) is 18.7. The minimum Gasteiger partial charge on any atom is -0.497 e. The number of carbonyl (C=O) groups is 1. The average Bonchev–Trinajstić information content (AvgIpc) is 2.60. The van der Waals surface area contributed by atoms with Crippen molar-refractivity contribution in [2.75, 3.05) is 21.3 Å². The van der Waals surface area contributed by atoms with Crippen LogP contribution in [0.2, 0.25) is 0 Å². The second-order valence-corrected chi connectivity index (χ2v) is 6.01. The summed E-state index contributed by atoms with van der Waals surface area (Å²) in [7, 11) is 4.87. The van der Waals surface area contributed by atoms with E-state index < -0.39 is 0 Å². The summed E-state index contributed by atoms with van der Waals surface area (Å²) in [6.45, 7) is 5.64. The number of rotatable bonds is 12. The second-order valence-electron chi connectivity index (χ2n) is 6.01. The second kappa shape index (κ2) is 11.5. The maximum Gasteiger partial charge on any atom is 0.310 e. The van der Waals surface area contributed by atoms with Gasteiger partial charge in [0.1, 0.15) is 11.5 Å². The standard InChI is InChI=1S/C20H30O5/c1-6-8-17(22-3)10-7-9-15(2)25-20(21)13-16-11-18(23-4)14-19(12-16)24-5/h6,11-12,14-15,17H,1,7-10,13H2,2-5H3/t15-,17+/m0/s1. The Morgan fingerprint density at radius 3 is 2.28 bits per heavy atom. The molecule has 1 aromatic carbocycles. The molecule has 140 valence electrons. The molecular formula is C20H30O5. The highest BCUT2D eigenvalue weighted by Crippen LogP contribution is 2.23. The van der Waals surface area contributed by atoms with Crippen LogP contribution >= 0.6 is 0 Å². The van der Waals surface area contributed by atoms with Crippen LogP contribution in [0.4, 0.5) is 0 Å². The first-order chi connectivity index (χ1) is 12.0. The summed E-state index contributed by atoms with van der Waals surface area (Å²) in [4.78, 5) is 12.1. The predicted octanol–water partition coefficient (Wildman–Crippen LogP) is 3.94. The predicted molar refractivity (Wildman–Crippen MR) is 98.3 cm³/mol. The summed E-state index contributed by atoms with van der Waals surface area (Å²) >= 11 is 0. The van der Waals surface area contributed by atoms with Gasteiger partial charge in [0.25, 0.3) is 0 Å². The fraction of sp³-hybridized carbons (Fsp3) is 0.550. The van der Waals surface area contributed by atoms with E-state index >= 15 is 0 Å². The Balaban J connectivity index is 2.44. The molecular weight excluding hydrogens is 320 g/mol. The lowest BCUT2D eigenvalue weighted by atomic mass is 10.1. The quantitative estimate of drug-likeness (QED) is 0.422. The Morgan fingerprint density at radius 1 is 1.12 bits per heavy atom. The van der Waals surface area contributed by atoms with Crippen LogP contribution in [0.5, 0.6) is 11.5 Å². The Morgan fingerprint density at radius 2 is 1.76 bits per heavy atom. The van der Waals surface area contributed by atoms with Gasteiger partial charge < -0.3 is 18.9 Å². The minimum absolute atomic E-state index is 0.124. The molecule has 5 heteroatoms. The Bertz CT molecular complexity index is 519. The molecule has 0 spiro atoms. The van der Waals surface area contributed by atoms with Crippen LogP contribution in [-0.2, 0) is 20.7 Å². The van der Waals surface area contributed by atoms with E-state index in [4.69, 9.17) is 18.9 Å². The van der Waals surface area contributed by atoms with Gasteiger partial charge in [-0.2, -0.15) is 0 Å². The van der Waals surface area contributed by atoms with Gasteiger partial charge in [-0.3, -0.25) is 4.79 Å². The molecule has 0 N–H and O–H groups in total. The van der Waals surface area contributed by atoms with Crippen LogP contribution in [0.25, 0.3) is 0 Å². The van der Waals surface area contributed by atoms with Crippen molar-refractivity contribution in [3.63, 3.8) is 0 Å². The number of hydrogen-bond acceptors (Lipinski definition) is 5. The molecule has 0 fully saturated rings. The molecule has 0 bridgehead atoms. The first kappa shape index (κ1) is 21.0. The van der Waals surface area contributed by atoms with Crippen LogP contribution in [0.1, 0.15) is 38.2 Å². The molecule has 0 aliphatic carbocycles. The van der Waals surface area contributed by atoms with Gasteiger partial charge in [0.05, 0.1) is 32.8 Å². The summed E-state index contributed by atoms with van der Waals surface area (Å²) in [5, 5.41) is 0. The van der Waals surface area contributed by atoms with E-state index in [-0.39, 0.29) is 24.6 Å². The Labute approximate surface area is 150 Å². The molecule has 0 amide bonds. The van der Waals surface area contributed by atoms with Gasteiger partial charge >= 0.3 is 5.97 Å². The highest BCUT2D eigenvalue weighted by atomic mass is 16.5. The lowest BCUT2D eigenvalue weighted by molar-refractivity contribution is -0.147. The zero-order valence-corrected chi connectivity index (χ0v) is 15.7. The smallest absolute Gasteiger partial charge is 0.310 e. The van der Waals surface area contributed by atoms with Crippen LogP contribution in [0, 0.1) is 0 Å². The summed E-state index contributed by atoms with van der Waals surface area (Å²) in [6.07, 6.45) is 5.62. The van der Waals surface area contributed by atoms with E-state index in [9.17, 15) is 4.79 Å². The van der Waals surface area contributed by atoms with Crippen molar-refractivity contribution in [1.82, 2.24) is 0 Å². The van der Waals surface area contributed by atoms with Crippen molar-refractivity contribution >= 4 is 5.97 Å². The van der Waals surface area contributed by atoms with Gasteiger partial charge in [-0.1, -0.05) is 6.08 Å². The van der Waals surface area contributed by atoms with Gasteiger partial charge in [0, 0.05) is 13.2 Å². The van der Waals surface area contributed by atoms with Gasteiger partial charge in [0.15, 0.2) is 0 Å². The largest absolute Gasteiger partial charge is 0.497 e. The van der Waals surface area contributed by atoms with E-state index in [1.54, 1.807) is 27.4 Å². The van der Waals surface area contributed by atoms with E-state index in [1.165, 1.54) is 0 Å². The van der Waals surface area contributed by atoms with Crippen LogP contribution < -0.4 is 9.47 Å². The number of methoxy groups -OCH3 is 3. The van der Waals surface area contributed by atoms with Crippen molar-refractivity contribution in [3.8, 4) is 11.5 Å². The summed E-state index contributed by atoms with van der Waals surface area (Å²) in [5.74, 6) is 1.06. The number of benzene rings is 1. The van der Waals surface area contributed by atoms with Gasteiger partial charge in [-0.05, 0) is 50.3 Å². The first-order valence-electron chi connectivity index (χ1n) is 8.57. The Kier molecular flexibility index (Phi) is 9.70. The van der Waals surface area contributed by atoms with Crippen LogP contribution in [0.3, 0.4) is 0 Å². The molecule has 0 saturated carbocycles. The maximum atomic E-state index is 12.1. The third kappa shape index (κ3) is 8.07. The maximum absolute atomic E-state index is 12.1. The molecule has 2 atom stereocenters. The lowest BCUT2D eigenvalue weighted by Gasteiger charge is -2.16. The molecule has 0 radical (unpaired) electrons. The highest BCUT2D eigenvalue weighted by Gasteiger charge is 2.13. The van der Waals surface area contributed by atoms with E-state index in [1.807, 2.05) is 25.1 Å². The summed E-state index contributed by atoms with van der Waals surface area (Å²) in [5.41, 5.74) is 0.804. The van der Waals surface area contributed by atoms with Gasteiger partial charge in [-0.15, -0.1) is 6.58 Å². The lowest BCUT2D eigenvalue weighted by Crippen LogP contribution is -2.18. The molecule has 0 aromatic heterocycles. The monoisotopic (exact) mass is 350 g/mol. The topological polar surface area (TPSA) is 54.0 Å². The molecule has 1 rings (SSSR count). The number of carbonyl (C=O) groups excluding carboxylic acids is 1. The van der Waals surface area contributed by atoms with Crippen molar-refractivity contribution in [2.24, 2.45) is 0 Å². The highest BCUT2D eigenvalue weighted by molar-refractivity contribution is 5.73. The summed E-state index contributed by atoms with van der Waals surface area (Å²) < 4.78 is 21.3. The van der Waals surface area contributed by atoms with Gasteiger partial charge in [0.2, 0.25) is 0 Å². The number of ether oxygens (including phenoxy) is 4. The van der Waals surface area contributed by atoms with Crippen molar-refractivity contribution in [3.05, 3.63) is 36.4 Å². The number of hydrogen-bond donors (Lipinski definition) is 0. The van der Waals surface area contributed by atoms with Crippen molar-refractivity contribution in [2.45, 2.75) is 51.2 Å². The van der Waals surface area contributed by atoms with Crippen molar-refractivity contribution < 1.29 is 23.7 Å². The van der Waals surface area contributed by atoms with Crippen LogP contribution in [-0.4, -0.2) is 39.5 Å². The molecule has 1 aromatic rings. The first-order valence-corrected chi connectivity index (χ1v) is 8.57. The third-order valence-electron chi connectivity index (χ3n) is 3.99. The van der Waals surface area contributed by atoms with E-state index in [0.717, 1.165) is 31.2 Å². The fourth-order valence-electron chi connectivity index (χ4n) is 2.61. The Hall–Kier alpha value is -2.01. The molecule has 0 aliphatic rings. The SMILES string of the molecule is C=CC[C@H](CCC[C@H](C)OC(=O)Cc1cc(OC)cc(OC)c1)OC. The third-order valence-corrected chi connectivity index (χ3v) is 3.99. The minimum atomic E-state index is -0.253.